The molecule has 12 nitrogen and oxygen atoms in total. The lowest BCUT2D eigenvalue weighted by Gasteiger charge is -2.36. The Labute approximate surface area is 255 Å². The molecule has 46 heavy (non-hydrogen) atoms. The second kappa shape index (κ2) is 17.1. The maximum Gasteiger partial charge on any atom is 0.490 e. The zero-order valence-electron chi connectivity index (χ0n) is 24.1. The Morgan fingerprint density at radius 2 is 1.41 bits per heavy atom. The summed E-state index contributed by atoms with van der Waals surface area (Å²) < 4.78 is 103. The van der Waals surface area contributed by atoms with Crippen LogP contribution in [0.1, 0.15) is 23.6 Å². The van der Waals surface area contributed by atoms with E-state index in [1.54, 1.807) is 0 Å². The minimum atomic E-state index is -5.08. The molecule has 2 aromatic rings. The van der Waals surface area contributed by atoms with Crippen LogP contribution >= 0.6 is 0 Å². The molecule has 0 aliphatic carbocycles. The Morgan fingerprint density at radius 3 is 1.85 bits per heavy atom. The molecule has 0 saturated carbocycles. The fraction of sp³-hybridized carbons (Fsp3) is 0.560. The first-order valence-electron chi connectivity index (χ1n) is 12.9. The first-order chi connectivity index (χ1) is 21.0. The Morgan fingerprint density at radius 1 is 0.891 bits per heavy atom. The molecule has 2 aliphatic rings. The number of rotatable bonds is 5. The number of aromatic nitrogens is 3. The highest BCUT2D eigenvalue weighted by Crippen LogP contribution is 2.25. The third-order valence-corrected chi connectivity index (χ3v) is 6.09. The van der Waals surface area contributed by atoms with Crippen molar-refractivity contribution in [1.82, 2.24) is 24.3 Å². The van der Waals surface area contributed by atoms with Crippen molar-refractivity contribution in [2.45, 2.75) is 57.2 Å². The number of ether oxygens (including phenoxy) is 1. The lowest BCUT2D eigenvalue weighted by Crippen LogP contribution is -2.49. The Balaban J connectivity index is 0.000000413. The smallest absolute Gasteiger partial charge is 0.475 e. The topological polar surface area (TPSA) is 158 Å². The minimum absolute atomic E-state index is 0.320. The Bertz CT molecular complexity index is 1230. The number of aliphatic carboxylic acids is 3. The minimum Gasteiger partial charge on any atom is -0.475 e. The summed E-state index contributed by atoms with van der Waals surface area (Å²) in [5.74, 6) is -7.13. The first-order valence-corrected chi connectivity index (χ1v) is 12.9. The van der Waals surface area contributed by atoms with E-state index in [-0.39, 0.29) is 0 Å². The van der Waals surface area contributed by atoms with Crippen LogP contribution in [0.25, 0.3) is 0 Å². The first kappa shape index (κ1) is 40.0. The molecule has 0 unspecified atom stereocenters. The summed E-state index contributed by atoms with van der Waals surface area (Å²) >= 11 is 0. The molecule has 21 heteroatoms. The van der Waals surface area contributed by atoms with Crippen LogP contribution < -0.4 is 0 Å². The highest BCUT2D eigenvalue weighted by Gasteiger charge is 2.40. The number of piperazine rings is 1. The van der Waals surface area contributed by atoms with Crippen LogP contribution in [0.4, 0.5) is 39.5 Å². The number of aryl methyl sites for hydroxylation is 2. The van der Waals surface area contributed by atoms with Gasteiger partial charge in [0, 0.05) is 57.4 Å². The van der Waals surface area contributed by atoms with E-state index >= 15 is 0 Å². The van der Waals surface area contributed by atoms with Crippen molar-refractivity contribution in [2.24, 2.45) is 7.05 Å². The summed E-state index contributed by atoms with van der Waals surface area (Å²) in [5.41, 5.74) is 2.08. The molecule has 3 N–H and O–H groups in total. The van der Waals surface area contributed by atoms with E-state index in [0.717, 1.165) is 56.4 Å². The van der Waals surface area contributed by atoms with Gasteiger partial charge in [-0.15, -0.1) is 0 Å². The molecule has 4 heterocycles. The van der Waals surface area contributed by atoms with Gasteiger partial charge in [-0.25, -0.2) is 19.4 Å². The van der Waals surface area contributed by atoms with Crippen molar-refractivity contribution < 1.29 is 74.0 Å². The zero-order chi connectivity index (χ0) is 35.5. The number of carbonyl (C=O) groups is 3. The van der Waals surface area contributed by atoms with Crippen LogP contribution in [0.15, 0.2) is 30.6 Å². The summed E-state index contributed by atoms with van der Waals surface area (Å²) in [5, 5.41) is 21.4. The van der Waals surface area contributed by atoms with Crippen LogP contribution in [0.5, 0.6) is 0 Å². The summed E-state index contributed by atoms with van der Waals surface area (Å²) in [4.78, 5) is 40.8. The molecule has 260 valence electrons. The monoisotopic (exact) mass is 683 g/mol. The lowest BCUT2D eigenvalue weighted by molar-refractivity contribution is -0.193. The third kappa shape index (κ3) is 14.9. The van der Waals surface area contributed by atoms with Crippen molar-refractivity contribution in [1.29, 1.82) is 0 Å². The van der Waals surface area contributed by atoms with Gasteiger partial charge in [-0.2, -0.15) is 39.5 Å². The fourth-order valence-corrected chi connectivity index (χ4v) is 3.96. The van der Waals surface area contributed by atoms with Gasteiger partial charge in [0.05, 0.1) is 24.9 Å². The normalized spacial score (nSPS) is 18.5. The quantitative estimate of drug-likeness (QED) is 0.396. The lowest BCUT2D eigenvalue weighted by atomic mass is 10.1. The summed E-state index contributed by atoms with van der Waals surface area (Å²) in [6, 6.07) is 6.72. The van der Waals surface area contributed by atoms with Gasteiger partial charge in [0.25, 0.3) is 0 Å². The largest absolute Gasteiger partial charge is 0.490 e. The van der Waals surface area contributed by atoms with Gasteiger partial charge in [0.15, 0.2) is 0 Å². The molecular formula is C25H30F9N5O7. The molecule has 0 amide bonds. The van der Waals surface area contributed by atoms with Gasteiger partial charge in [-0.3, -0.25) is 14.8 Å². The maximum absolute atomic E-state index is 10.6. The zero-order valence-corrected chi connectivity index (χ0v) is 24.1. The number of halogens is 9. The van der Waals surface area contributed by atoms with Crippen molar-refractivity contribution in [3.05, 3.63) is 47.8 Å². The molecule has 2 atom stereocenters. The summed E-state index contributed by atoms with van der Waals surface area (Å²) in [7, 11) is 2.07. The van der Waals surface area contributed by atoms with Crippen LogP contribution in [0, 0.1) is 6.92 Å². The fourth-order valence-electron chi connectivity index (χ4n) is 3.96. The van der Waals surface area contributed by atoms with Crippen molar-refractivity contribution in [2.75, 3.05) is 26.2 Å². The molecule has 0 aromatic carbocycles. The van der Waals surface area contributed by atoms with E-state index in [9.17, 15) is 39.5 Å². The predicted octanol–water partition coefficient (Wildman–Crippen LogP) is 3.50. The van der Waals surface area contributed by atoms with Crippen molar-refractivity contribution >= 4 is 17.9 Å². The van der Waals surface area contributed by atoms with E-state index in [0.29, 0.717) is 18.8 Å². The molecule has 0 radical (unpaired) electrons. The molecule has 2 aliphatic heterocycles. The van der Waals surface area contributed by atoms with Gasteiger partial charge in [0.1, 0.15) is 5.82 Å². The van der Waals surface area contributed by atoms with E-state index in [1.165, 1.54) is 0 Å². The highest BCUT2D eigenvalue weighted by atomic mass is 19.4. The number of hydrogen-bond donors (Lipinski definition) is 3. The van der Waals surface area contributed by atoms with Crippen LogP contribution in [-0.4, -0.2) is 114 Å². The number of imidazole rings is 1. The Hall–Kier alpha value is -3.98. The van der Waals surface area contributed by atoms with E-state index in [1.807, 2.05) is 31.5 Å². The van der Waals surface area contributed by atoms with Crippen molar-refractivity contribution in [3.63, 3.8) is 0 Å². The molecule has 0 spiro atoms. The second-order valence-corrected chi connectivity index (χ2v) is 9.69. The van der Waals surface area contributed by atoms with Gasteiger partial charge < -0.3 is 24.6 Å². The number of carboxylic acid groups (broad SMARTS) is 3. The molecule has 4 rings (SSSR count). The molecule has 2 saturated heterocycles. The number of carboxylic acids is 3. The number of fused-ring (bicyclic) bond motifs is 1. The third-order valence-electron chi connectivity index (χ3n) is 6.09. The van der Waals surface area contributed by atoms with Crippen molar-refractivity contribution in [3.8, 4) is 0 Å². The van der Waals surface area contributed by atoms with Crippen LogP contribution in [0.2, 0.25) is 0 Å². The molecule has 2 fully saturated rings. The second-order valence-electron chi connectivity index (χ2n) is 9.69. The average molecular weight is 684 g/mol. The van der Waals surface area contributed by atoms with Gasteiger partial charge in [-0.1, -0.05) is 6.07 Å². The van der Waals surface area contributed by atoms with Gasteiger partial charge in [-0.05, 0) is 25.5 Å². The molecule has 0 bridgehead atoms. The van der Waals surface area contributed by atoms with Crippen LogP contribution in [-0.2, 0) is 39.3 Å². The number of pyridine rings is 1. The molecule has 2 aromatic heterocycles. The van der Waals surface area contributed by atoms with E-state index < -0.39 is 36.4 Å². The predicted molar refractivity (Wildman–Crippen MR) is 137 cm³/mol. The number of alkyl halides is 9. The number of hydrogen-bond acceptors (Lipinski definition) is 8. The average Bonchev–Trinajstić information content (AvgIpc) is 3.52. The Kier molecular flexibility index (Phi) is 14.9. The number of nitrogens with zero attached hydrogens (tertiary/aromatic N) is 5. The van der Waals surface area contributed by atoms with Gasteiger partial charge in [0.2, 0.25) is 0 Å². The molecular weight excluding hydrogens is 653 g/mol. The van der Waals surface area contributed by atoms with Crippen LogP contribution in [0.3, 0.4) is 0 Å². The highest BCUT2D eigenvalue weighted by molar-refractivity contribution is 5.73. The van der Waals surface area contributed by atoms with E-state index in [4.69, 9.17) is 34.4 Å². The standard InChI is InChI=1S/C19H27N5O.3C2HF3O2/c1-15-4-3-5-16(21-15)14-25-18-10-17-11-23(8-9-24(17)12-18)13-19-20-6-7-22(19)2;3*3-2(4,5)1(6)7/h3-7,17-18H,8-14H2,1-2H3;3*(H,6,7)/t17-,18+;;;/m0.../s1. The maximum atomic E-state index is 10.6. The van der Waals surface area contributed by atoms with Gasteiger partial charge >= 0.3 is 36.4 Å². The summed E-state index contributed by atoms with van der Waals surface area (Å²) in [6.45, 7) is 7.96. The SMILES string of the molecule is Cc1cccc(CO[C@@H]2C[C@H]3CN(Cc4nccn4C)CCN3C2)n1.O=C(O)C(F)(F)F.O=C(O)C(F)(F)F.O=C(O)C(F)(F)F. The van der Waals surface area contributed by atoms with E-state index in [2.05, 4.69) is 37.4 Å². The summed E-state index contributed by atoms with van der Waals surface area (Å²) in [6.07, 6.45) is -9.92.